The summed E-state index contributed by atoms with van der Waals surface area (Å²) < 4.78 is 0. The average molecular weight is 261 g/mol. The van der Waals surface area contributed by atoms with Crippen LogP contribution < -0.4 is 4.90 Å². The van der Waals surface area contributed by atoms with E-state index in [4.69, 9.17) is 0 Å². The normalized spacial score (nSPS) is 21.3. The van der Waals surface area contributed by atoms with Crippen molar-refractivity contribution in [2.45, 2.75) is 25.1 Å². The molecule has 0 N–H and O–H groups in total. The zero-order valence-electron chi connectivity index (χ0n) is 12.0. The van der Waals surface area contributed by atoms with E-state index in [1.165, 1.54) is 17.1 Å². The van der Waals surface area contributed by atoms with Gasteiger partial charge in [-0.3, -0.25) is 0 Å². The van der Waals surface area contributed by atoms with Gasteiger partial charge in [0.25, 0.3) is 0 Å². The van der Waals surface area contributed by atoms with Crippen molar-refractivity contribution in [2.75, 3.05) is 4.90 Å². The number of para-hydroxylation sites is 1. The molecule has 0 saturated heterocycles. The number of hydrogen-bond acceptors (Lipinski definition) is 1. The maximum atomic E-state index is 2.43. The summed E-state index contributed by atoms with van der Waals surface area (Å²) in [6.07, 6.45) is 16.7. The first kappa shape index (κ1) is 13.0. The van der Waals surface area contributed by atoms with Gasteiger partial charge in [0.05, 0.1) is 0 Å². The first-order valence-corrected chi connectivity index (χ1v) is 7.43. The Morgan fingerprint density at radius 1 is 1.00 bits per heavy atom. The lowest BCUT2D eigenvalue weighted by Crippen LogP contribution is -2.24. The molecule has 2 aliphatic carbocycles. The van der Waals surface area contributed by atoms with E-state index in [1.807, 2.05) is 0 Å². The Hall–Kier alpha value is -1.96. The van der Waals surface area contributed by atoms with Crippen LogP contribution in [0, 0.1) is 0 Å². The van der Waals surface area contributed by atoms with Crippen LogP contribution in [0.2, 0.25) is 5.82 Å². The third kappa shape index (κ3) is 2.80. The standard InChI is InChI=1S/C18H20BN/c19-15-8-7-13-18(14-15)20(16-9-3-1-4-10-16)17-11-5-2-6-12-17/h1-5,7-11,13,15H,6,12,14,19H2. The average Bonchev–Trinajstić information content (AvgIpc) is 2.50. The summed E-state index contributed by atoms with van der Waals surface area (Å²) in [5.74, 6) is 0.612. The van der Waals surface area contributed by atoms with Crippen molar-refractivity contribution in [3.05, 3.63) is 78.2 Å². The van der Waals surface area contributed by atoms with Gasteiger partial charge in [-0.1, -0.05) is 42.5 Å². The number of benzene rings is 1. The molecule has 1 aromatic rings. The molecule has 3 rings (SSSR count). The molecule has 0 spiro atoms. The Morgan fingerprint density at radius 3 is 2.50 bits per heavy atom. The molecule has 0 radical (unpaired) electrons. The first-order valence-electron chi connectivity index (χ1n) is 7.43. The van der Waals surface area contributed by atoms with Crippen LogP contribution in [0.25, 0.3) is 0 Å². The molecule has 1 aromatic carbocycles. The quantitative estimate of drug-likeness (QED) is 0.743. The van der Waals surface area contributed by atoms with Crippen LogP contribution in [0.5, 0.6) is 0 Å². The number of hydrogen-bond donors (Lipinski definition) is 0. The van der Waals surface area contributed by atoms with Crippen molar-refractivity contribution in [1.82, 2.24) is 0 Å². The number of rotatable bonds is 3. The maximum absolute atomic E-state index is 2.43. The van der Waals surface area contributed by atoms with Crippen LogP contribution in [0.1, 0.15) is 19.3 Å². The van der Waals surface area contributed by atoms with Gasteiger partial charge in [0.15, 0.2) is 0 Å². The SMILES string of the molecule is BC1C=CC=C(N(C2=CC=CCC2)c2ccccc2)C1. The Morgan fingerprint density at radius 2 is 1.80 bits per heavy atom. The fourth-order valence-electron chi connectivity index (χ4n) is 2.86. The Bertz CT molecular complexity index is 581. The highest BCUT2D eigenvalue weighted by Crippen LogP contribution is 2.33. The predicted octanol–water partition coefficient (Wildman–Crippen LogP) is 3.99. The minimum Gasteiger partial charge on any atom is -0.318 e. The van der Waals surface area contributed by atoms with E-state index in [2.05, 4.69) is 79.5 Å². The molecule has 0 aromatic heterocycles. The maximum Gasteiger partial charge on any atom is 0.110 e. The molecular weight excluding hydrogens is 241 g/mol. The minimum atomic E-state index is 0.612. The van der Waals surface area contributed by atoms with Crippen molar-refractivity contribution in [3.8, 4) is 0 Å². The lowest BCUT2D eigenvalue weighted by Gasteiger charge is -2.33. The Balaban J connectivity index is 2.00. The summed E-state index contributed by atoms with van der Waals surface area (Å²) >= 11 is 0. The van der Waals surface area contributed by atoms with E-state index < -0.39 is 0 Å². The van der Waals surface area contributed by atoms with E-state index in [9.17, 15) is 0 Å². The van der Waals surface area contributed by atoms with Gasteiger partial charge < -0.3 is 4.90 Å². The summed E-state index contributed by atoms with van der Waals surface area (Å²) in [6, 6.07) is 10.7. The van der Waals surface area contributed by atoms with Gasteiger partial charge in [-0.05, 0) is 49.4 Å². The van der Waals surface area contributed by atoms with Crippen LogP contribution in [-0.4, -0.2) is 7.85 Å². The highest BCUT2D eigenvalue weighted by molar-refractivity contribution is 6.13. The lowest BCUT2D eigenvalue weighted by atomic mass is 9.80. The number of anilines is 1. The van der Waals surface area contributed by atoms with E-state index in [0.717, 1.165) is 19.3 Å². The molecule has 0 saturated carbocycles. The van der Waals surface area contributed by atoms with E-state index in [-0.39, 0.29) is 0 Å². The highest BCUT2D eigenvalue weighted by atomic mass is 15.2. The largest absolute Gasteiger partial charge is 0.318 e. The van der Waals surface area contributed by atoms with Crippen molar-refractivity contribution in [1.29, 1.82) is 0 Å². The summed E-state index contributed by atoms with van der Waals surface area (Å²) in [5, 5.41) is 0. The molecule has 1 unspecified atom stereocenters. The molecule has 1 nitrogen and oxygen atoms in total. The van der Waals surface area contributed by atoms with Crippen molar-refractivity contribution >= 4 is 13.5 Å². The van der Waals surface area contributed by atoms with Gasteiger partial charge in [0.1, 0.15) is 7.85 Å². The van der Waals surface area contributed by atoms with Gasteiger partial charge in [0, 0.05) is 17.1 Å². The molecule has 1 atom stereocenters. The fraction of sp³-hybridized carbons (Fsp3) is 0.222. The summed E-state index contributed by atoms with van der Waals surface area (Å²) in [4.78, 5) is 2.43. The lowest BCUT2D eigenvalue weighted by molar-refractivity contribution is 0.836. The second kappa shape index (κ2) is 6.00. The Kier molecular flexibility index (Phi) is 3.91. The van der Waals surface area contributed by atoms with Gasteiger partial charge in [-0.2, -0.15) is 0 Å². The molecule has 2 aliphatic rings. The topological polar surface area (TPSA) is 3.24 Å². The van der Waals surface area contributed by atoms with Crippen molar-refractivity contribution in [3.63, 3.8) is 0 Å². The number of nitrogens with zero attached hydrogens (tertiary/aromatic N) is 1. The Labute approximate surface area is 122 Å². The van der Waals surface area contributed by atoms with Crippen LogP contribution in [0.15, 0.2) is 78.2 Å². The highest BCUT2D eigenvalue weighted by Gasteiger charge is 2.19. The van der Waals surface area contributed by atoms with Crippen LogP contribution in [0.4, 0.5) is 5.69 Å². The third-order valence-corrected chi connectivity index (χ3v) is 3.84. The third-order valence-electron chi connectivity index (χ3n) is 3.84. The van der Waals surface area contributed by atoms with E-state index in [1.54, 1.807) is 0 Å². The molecule has 0 heterocycles. The summed E-state index contributed by atoms with van der Waals surface area (Å²) in [5.41, 5.74) is 4.06. The van der Waals surface area contributed by atoms with E-state index >= 15 is 0 Å². The zero-order chi connectivity index (χ0) is 13.8. The summed E-state index contributed by atoms with van der Waals surface area (Å²) in [6.45, 7) is 0. The second-order valence-corrected chi connectivity index (χ2v) is 5.52. The molecule has 0 aliphatic heterocycles. The molecular formula is C18H20BN. The second-order valence-electron chi connectivity index (χ2n) is 5.52. The molecule has 0 bridgehead atoms. The van der Waals surface area contributed by atoms with Gasteiger partial charge in [0.2, 0.25) is 0 Å². The van der Waals surface area contributed by atoms with Crippen LogP contribution >= 0.6 is 0 Å². The van der Waals surface area contributed by atoms with Gasteiger partial charge in [-0.15, -0.1) is 0 Å². The van der Waals surface area contributed by atoms with E-state index in [0.29, 0.717) is 5.82 Å². The molecule has 0 fully saturated rings. The van der Waals surface area contributed by atoms with Crippen LogP contribution in [0.3, 0.4) is 0 Å². The summed E-state index contributed by atoms with van der Waals surface area (Å²) in [7, 11) is 2.28. The molecule has 20 heavy (non-hydrogen) atoms. The first-order chi connectivity index (χ1) is 9.84. The predicted molar refractivity (Wildman–Crippen MR) is 89.5 cm³/mol. The monoisotopic (exact) mass is 261 g/mol. The smallest absolute Gasteiger partial charge is 0.110 e. The fourth-order valence-corrected chi connectivity index (χ4v) is 2.86. The zero-order valence-corrected chi connectivity index (χ0v) is 12.0. The van der Waals surface area contributed by atoms with Crippen molar-refractivity contribution < 1.29 is 0 Å². The van der Waals surface area contributed by atoms with Gasteiger partial charge >= 0.3 is 0 Å². The molecule has 2 heteroatoms. The van der Waals surface area contributed by atoms with Crippen LogP contribution in [-0.2, 0) is 0 Å². The minimum absolute atomic E-state index is 0.612. The van der Waals surface area contributed by atoms with Gasteiger partial charge in [-0.25, -0.2) is 0 Å². The molecule has 100 valence electrons. The molecule has 0 amide bonds. The van der Waals surface area contributed by atoms with Crippen molar-refractivity contribution in [2.24, 2.45) is 0 Å². The number of allylic oxidation sites excluding steroid dienone is 8.